The standard InChI is InChI=1S/C15H29N3O/c1-12(11-18-7-3-2-4-8-18)10-17-15(19)13-5-6-14(16)9-13/h12-14H,2-11,16H2,1H3,(H,17,19). The van der Waals surface area contributed by atoms with E-state index in [4.69, 9.17) is 5.73 Å². The Morgan fingerprint density at radius 1 is 1.32 bits per heavy atom. The van der Waals surface area contributed by atoms with Crippen molar-refractivity contribution in [1.82, 2.24) is 10.2 Å². The summed E-state index contributed by atoms with van der Waals surface area (Å²) in [6.07, 6.45) is 6.88. The Morgan fingerprint density at radius 3 is 2.68 bits per heavy atom. The van der Waals surface area contributed by atoms with Crippen LogP contribution in [-0.4, -0.2) is 43.0 Å². The molecule has 2 rings (SSSR count). The van der Waals surface area contributed by atoms with Crippen molar-refractivity contribution >= 4 is 5.91 Å². The third kappa shape index (κ3) is 4.77. The van der Waals surface area contributed by atoms with Crippen molar-refractivity contribution in [3.63, 3.8) is 0 Å². The summed E-state index contributed by atoms with van der Waals surface area (Å²) in [5.41, 5.74) is 5.86. The minimum absolute atomic E-state index is 0.164. The maximum Gasteiger partial charge on any atom is 0.223 e. The molecule has 2 fully saturated rings. The van der Waals surface area contributed by atoms with Gasteiger partial charge >= 0.3 is 0 Å². The number of rotatable bonds is 5. The van der Waals surface area contributed by atoms with Crippen molar-refractivity contribution in [1.29, 1.82) is 0 Å². The Kier molecular flexibility index (Phi) is 5.64. The highest BCUT2D eigenvalue weighted by Crippen LogP contribution is 2.24. The van der Waals surface area contributed by atoms with E-state index in [-0.39, 0.29) is 17.9 Å². The summed E-state index contributed by atoms with van der Waals surface area (Å²) in [5, 5.41) is 3.11. The fourth-order valence-electron chi connectivity index (χ4n) is 3.32. The second-order valence-corrected chi connectivity index (χ2v) is 6.48. The van der Waals surface area contributed by atoms with Crippen LogP contribution < -0.4 is 11.1 Å². The van der Waals surface area contributed by atoms with Gasteiger partial charge in [0.15, 0.2) is 0 Å². The van der Waals surface area contributed by atoms with Gasteiger partial charge in [-0.2, -0.15) is 0 Å². The lowest BCUT2D eigenvalue weighted by Gasteiger charge is -2.29. The maximum atomic E-state index is 12.0. The zero-order valence-corrected chi connectivity index (χ0v) is 12.2. The summed E-state index contributed by atoms with van der Waals surface area (Å²) in [6, 6.07) is 0.238. The lowest BCUT2D eigenvalue weighted by Crippen LogP contribution is -2.39. The molecule has 110 valence electrons. The lowest BCUT2D eigenvalue weighted by atomic mass is 10.1. The fourth-order valence-corrected chi connectivity index (χ4v) is 3.32. The monoisotopic (exact) mass is 267 g/mol. The summed E-state index contributed by atoms with van der Waals surface area (Å²) >= 11 is 0. The molecule has 2 aliphatic rings. The number of nitrogens with zero attached hydrogens (tertiary/aromatic N) is 1. The molecule has 0 aromatic rings. The van der Waals surface area contributed by atoms with E-state index < -0.39 is 0 Å². The first-order valence-electron chi connectivity index (χ1n) is 7.91. The number of piperidine rings is 1. The molecule has 4 heteroatoms. The average molecular weight is 267 g/mol. The molecule has 0 spiro atoms. The molecule has 3 atom stereocenters. The van der Waals surface area contributed by atoms with Crippen LogP contribution in [0.15, 0.2) is 0 Å². The predicted octanol–water partition coefficient (Wildman–Crippen LogP) is 1.35. The van der Waals surface area contributed by atoms with Gasteiger partial charge in [0, 0.05) is 25.0 Å². The van der Waals surface area contributed by atoms with Gasteiger partial charge in [0.05, 0.1) is 0 Å². The van der Waals surface area contributed by atoms with Gasteiger partial charge in [-0.05, 0) is 51.1 Å². The molecule has 1 saturated heterocycles. The van der Waals surface area contributed by atoms with E-state index in [0.29, 0.717) is 5.92 Å². The number of hydrogen-bond acceptors (Lipinski definition) is 3. The molecule has 4 nitrogen and oxygen atoms in total. The van der Waals surface area contributed by atoms with E-state index in [9.17, 15) is 4.79 Å². The SMILES string of the molecule is CC(CNC(=O)C1CCC(N)C1)CN1CCCCC1. The second-order valence-electron chi connectivity index (χ2n) is 6.48. The molecule has 1 amide bonds. The van der Waals surface area contributed by atoms with Gasteiger partial charge in [-0.1, -0.05) is 13.3 Å². The highest BCUT2D eigenvalue weighted by molar-refractivity contribution is 5.78. The van der Waals surface area contributed by atoms with Gasteiger partial charge in [-0.3, -0.25) is 4.79 Å². The molecule has 19 heavy (non-hydrogen) atoms. The third-order valence-corrected chi connectivity index (χ3v) is 4.49. The summed E-state index contributed by atoms with van der Waals surface area (Å²) in [4.78, 5) is 14.5. The first-order valence-corrected chi connectivity index (χ1v) is 7.91. The zero-order valence-electron chi connectivity index (χ0n) is 12.2. The quantitative estimate of drug-likeness (QED) is 0.790. The van der Waals surface area contributed by atoms with Crippen LogP contribution in [0, 0.1) is 11.8 Å². The fraction of sp³-hybridized carbons (Fsp3) is 0.933. The number of likely N-dealkylation sites (tertiary alicyclic amines) is 1. The molecular weight excluding hydrogens is 238 g/mol. The van der Waals surface area contributed by atoms with Crippen LogP contribution in [0.3, 0.4) is 0 Å². The zero-order chi connectivity index (χ0) is 13.7. The molecule has 0 aromatic heterocycles. The van der Waals surface area contributed by atoms with Crippen LogP contribution in [0.5, 0.6) is 0 Å². The number of hydrogen-bond donors (Lipinski definition) is 2. The molecule has 1 heterocycles. The van der Waals surface area contributed by atoms with Crippen molar-refractivity contribution in [2.75, 3.05) is 26.2 Å². The highest BCUT2D eigenvalue weighted by Gasteiger charge is 2.27. The second kappa shape index (κ2) is 7.25. The normalized spacial score (nSPS) is 30.2. The average Bonchev–Trinajstić information content (AvgIpc) is 2.84. The highest BCUT2D eigenvalue weighted by atomic mass is 16.1. The van der Waals surface area contributed by atoms with E-state index in [1.54, 1.807) is 0 Å². The van der Waals surface area contributed by atoms with Gasteiger partial charge in [0.2, 0.25) is 5.91 Å². The van der Waals surface area contributed by atoms with E-state index in [2.05, 4.69) is 17.1 Å². The van der Waals surface area contributed by atoms with Crippen LogP contribution in [0.2, 0.25) is 0 Å². The van der Waals surface area contributed by atoms with Crippen LogP contribution >= 0.6 is 0 Å². The van der Waals surface area contributed by atoms with Crippen LogP contribution in [0.1, 0.15) is 45.4 Å². The Bertz CT molecular complexity index is 289. The van der Waals surface area contributed by atoms with E-state index in [0.717, 1.165) is 32.4 Å². The van der Waals surface area contributed by atoms with Crippen LogP contribution in [0.4, 0.5) is 0 Å². The number of amides is 1. The van der Waals surface area contributed by atoms with Crippen molar-refractivity contribution in [2.24, 2.45) is 17.6 Å². The molecule has 1 aliphatic carbocycles. The smallest absolute Gasteiger partial charge is 0.223 e. The molecule has 0 bridgehead atoms. The van der Waals surface area contributed by atoms with Gasteiger partial charge in [0.25, 0.3) is 0 Å². The Morgan fingerprint density at radius 2 is 2.05 bits per heavy atom. The Labute approximate surface area is 117 Å². The van der Waals surface area contributed by atoms with Crippen molar-refractivity contribution < 1.29 is 4.79 Å². The largest absolute Gasteiger partial charge is 0.356 e. The predicted molar refractivity (Wildman–Crippen MR) is 77.8 cm³/mol. The number of carbonyl (C=O) groups excluding carboxylic acids is 1. The number of carbonyl (C=O) groups is 1. The van der Waals surface area contributed by atoms with Crippen LogP contribution in [0.25, 0.3) is 0 Å². The first-order chi connectivity index (χ1) is 9.15. The minimum Gasteiger partial charge on any atom is -0.356 e. The summed E-state index contributed by atoms with van der Waals surface area (Å²) in [5.74, 6) is 0.924. The van der Waals surface area contributed by atoms with E-state index >= 15 is 0 Å². The maximum absolute atomic E-state index is 12.0. The molecular formula is C15H29N3O. The number of nitrogens with one attached hydrogen (secondary N) is 1. The number of nitrogens with two attached hydrogens (primary N) is 1. The molecule has 3 unspecified atom stereocenters. The topological polar surface area (TPSA) is 58.4 Å². The third-order valence-electron chi connectivity index (χ3n) is 4.49. The van der Waals surface area contributed by atoms with Gasteiger partial charge in [-0.25, -0.2) is 0 Å². The van der Waals surface area contributed by atoms with E-state index in [1.165, 1.54) is 32.4 Å². The van der Waals surface area contributed by atoms with Crippen molar-refractivity contribution in [3.05, 3.63) is 0 Å². The Hall–Kier alpha value is -0.610. The van der Waals surface area contributed by atoms with E-state index in [1.807, 2.05) is 0 Å². The summed E-state index contributed by atoms with van der Waals surface area (Å²) < 4.78 is 0. The molecule has 3 N–H and O–H groups in total. The minimum atomic E-state index is 0.164. The molecule has 0 radical (unpaired) electrons. The van der Waals surface area contributed by atoms with Gasteiger partial charge in [-0.15, -0.1) is 0 Å². The first kappa shape index (κ1) is 14.8. The molecule has 1 saturated carbocycles. The Balaban J connectivity index is 1.62. The molecule has 0 aromatic carbocycles. The van der Waals surface area contributed by atoms with Gasteiger partial charge in [0.1, 0.15) is 0 Å². The summed E-state index contributed by atoms with van der Waals surface area (Å²) in [6.45, 7) is 6.62. The molecule has 1 aliphatic heterocycles. The van der Waals surface area contributed by atoms with Crippen molar-refractivity contribution in [3.8, 4) is 0 Å². The summed E-state index contributed by atoms with van der Waals surface area (Å²) in [7, 11) is 0. The lowest BCUT2D eigenvalue weighted by molar-refractivity contribution is -0.125. The van der Waals surface area contributed by atoms with Crippen molar-refractivity contribution in [2.45, 2.75) is 51.5 Å². The van der Waals surface area contributed by atoms with Gasteiger partial charge < -0.3 is 16.0 Å². The van der Waals surface area contributed by atoms with Crippen LogP contribution in [-0.2, 0) is 4.79 Å².